The average Bonchev–Trinajstić information content (AvgIpc) is 3.40. The molecule has 0 unspecified atom stereocenters. The number of carbonyl (C=O) groups is 1. The van der Waals surface area contributed by atoms with Gasteiger partial charge in [-0.2, -0.15) is 18.3 Å². The van der Waals surface area contributed by atoms with Crippen molar-refractivity contribution in [3.05, 3.63) is 77.4 Å². The van der Waals surface area contributed by atoms with Gasteiger partial charge in [-0.25, -0.2) is 9.07 Å². The summed E-state index contributed by atoms with van der Waals surface area (Å²) in [7, 11) is 0. The maximum atomic E-state index is 13.0. The normalized spacial score (nSPS) is 14.1. The number of amides is 1. The molecule has 1 aromatic heterocycles. The van der Waals surface area contributed by atoms with E-state index in [1.54, 1.807) is 0 Å². The summed E-state index contributed by atoms with van der Waals surface area (Å²) in [6.07, 6.45) is -1.44. The van der Waals surface area contributed by atoms with Crippen molar-refractivity contribution >= 4 is 11.6 Å². The van der Waals surface area contributed by atoms with Crippen LogP contribution in [0.3, 0.4) is 0 Å². The van der Waals surface area contributed by atoms with Crippen molar-refractivity contribution in [2.45, 2.75) is 24.9 Å². The Morgan fingerprint density at radius 3 is 2.46 bits per heavy atom. The van der Waals surface area contributed by atoms with Crippen LogP contribution in [0, 0.1) is 5.82 Å². The molecule has 2 aromatic carbocycles. The van der Waals surface area contributed by atoms with E-state index in [4.69, 9.17) is 0 Å². The molecular formula is C20H15F4N3O. The lowest BCUT2D eigenvalue weighted by Gasteiger charge is -2.12. The number of anilines is 1. The first-order valence-electron chi connectivity index (χ1n) is 8.65. The summed E-state index contributed by atoms with van der Waals surface area (Å²) in [4.78, 5) is 12.7. The van der Waals surface area contributed by atoms with Crippen LogP contribution in [0.25, 0.3) is 5.69 Å². The van der Waals surface area contributed by atoms with Gasteiger partial charge in [0.2, 0.25) is 0 Å². The molecule has 0 saturated heterocycles. The van der Waals surface area contributed by atoms with Gasteiger partial charge in [0, 0.05) is 11.6 Å². The molecule has 1 saturated carbocycles. The lowest BCUT2D eigenvalue weighted by molar-refractivity contribution is -0.137. The van der Waals surface area contributed by atoms with Crippen LogP contribution in [0.2, 0.25) is 0 Å². The summed E-state index contributed by atoms with van der Waals surface area (Å²) in [5.74, 6) is -0.799. The molecule has 1 aliphatic carbocycles. The first-order chi connectivity index (χ1) is 13.3. The van der Waals surface area contributed by atoms with Crippen molar-refractivity contribution in [2.75, 3.05) is 5.32 Å². The van der Waals surface area contributed by atoms with Crippen LogP contribution in [-0.4, -0.2) is 15.7 Å². The number of aromatic nitrogens is 2. The van der Waals surface area contributed by atoms with E-state index in [0.29, 0.717) is 16.9 Å². The molecule has 1 aliphatic rings. The van der Waals surface area contributed by atoms with Crippen LogP contribution in [0.1, 0.15) is 40.4 Å². The van der Waals surface area contributed by atoms with E-state index in [9.17, 15) is 22.4 Å². The smallest absolute Gasteiger partial charge is 0.322 e. The predicted molar refractivity (Wildman–Crippen MR) is 94.9 cm³/mol. The Labute approximate surface area is 157 Å². The molecule has 0 atom stereocenters. The molecule has 4 rings (SSSR count). The van der Waals surface area contributed by atoms with E-state index in [2.05, 4.69) is 10.4 Å². The van der Waals surface area contributed by atoms with Crippen LogP contribution >= 0.6 is 0 Å². The minimum Gasteiger partial charge on any atom is -0.322 e. The zero-order valence-corrected chi connectivity index (χ0v) is 14.5. The van der Waals surface area contributed by atoms with Crippen molar-refractivity contribution < 1.29 is 22.4 Å². The summed E-state index contributed by atoms with van der Waals surface area (Å²) in [5, 5.41) is 6.85. The fraction of sp³-hybridized carbons (Fsp3) is 0.200. The molecule has 1 heterocycles. The summed E-state index contributed by atoms with van der Waals surface area (Å²) < 4.78 is 53.5. The molecule has 0 aliphatic heterocycles. The van der Waals surface area contributed by atoms with Crippen molar-refractivity contribution in [2.24, 2.45) is 0 Å². The van der Waals surface area contributed by atoms with Gasteiger partial charge in [0.1, 0.15) is 5.82 Å². The topological polar surface area (TPSA) is 46.9 Å². The van der Waals surface area contributed by atoms with Gasteiger partial charge in [-0.3, -0.25) is 4.79 Å². The van der Waals surface area contributed by atoms with Crippen LogP contribution in [0.5, 0.6) is 0 Å². The second-order valence-corrected chi connectivity index (χ2v) is 6.64. The van der Waals surface area contributed by atoms with Gasteiger partial charge < -0.3 is 5.32 Å². The third-order valence-corrected chi connectivity index (χ3v) is 4.54. The highest BCUT2D eigenvalue weighted by Gasteiger charge is 2.34. The number of hydrogen-bond donors (Lipinski definition) is 1. The monoisotopic (exact) mass is 389 g/mol. The van der Waals surface area contributed by atoms with Crippen LogP contribution < -0.4 is 5.32 Å². The van der Waals surface area contributed by atoms with Gasteiger partial charge in [-0.1, -0.05) is 6.07 Å². The number of hydrogen-bond acceptors (Lipinski definition) is 2. The van der Waals surface area contributed by atoms with E-state index in [0.717, 1.165) is 25.0 Å². The van der Waals surface area contributed by atoms with E-state index >= 15 is 0 Å². The van der Waals surface area contributed by atoms with E-state index in [1.165, 1.54) is 47.3 Å². The minimum atomic E-state index is -4.47. The van der Waals surface area contributed by atoms with Crippen LogP contribution in [0.4, 0.5) is 23.2 Å². The van der Waals surface area contributed by atoms with Gasteiger partial charge in [0.15, 0.2) is 0 Å². The summed E-state index contributed by atoms with van der Waals surface area (Å²) in [6, 6.07) is 10.2. The van der Waals surface area contributed by atoms with Crippen molar-refractivity contribution in [3.8, 4) is 5.69 Å². The highest BCUT2D eigenvalue weighted by molar-refractivity contribution is 6.05. The number of alkyl halides is 3. The van der Waals surface area contributed by atoms with Crippen molar-refractivity contribution in [1.29, 1.82) is 0 Å². The number of carbonyl (C=O) groups excluding carboxylic acids is 1. The third-order valence-electron chi connectivity index (χ3n) is 4.54. The van der Waals surface area contributed by atoms with E-state index < -0.39 is 23.5 Å². The van der Waals surface area contributed by atoms with E-state index in [-0.39, 0.29) is 11.6 Å². The van der Waals surface area contributed by atoms with Crippen LogP contribution in [0.15, 0.2) is 54.7 Å². The Kier molecular flexibility index (Phi) is 4.41. The highest BCUT2D eigenvalue weighted by Crippen LogP contribution is 2.43. The molecule has 1 amide bonds. The highest BCUT2D eigenvalue weighted by atomic mass is 19.4. The molecule has 1 N–H and O–H groups in total. The van der Waals surface area contributed by atoms with Gasteiger partial charge in [-0.15, -0.1) is 0 Å². The molecule has 3 aromatic rings. The molecule has 0 bridgehead atoms. The van der Waals surface area contributed by atoms with Crippen molar-refractivity contribution in [3.63, 3.8) is 0 Å². The number of benzene rings is 2. The number of nitrogens with one attached hydrogen (secondary N) is 1. The van der Waals surface area contributed by atoms with Gasteiger partial charge in [0.25, 0.3) is 5.91 Å². The molecule has 1 fully saturated rings. The zero-order chi connectivity index (χ0) is 19.9. The molecule has 0 spiro atoms. The van der Waals surface area contributed by atoms with Gasteiger partial charge in [0.05, 0.1) is 28.7 Å². The average molecular weight is 389 g/mol. The predicted octanol–water partition coefficient (Wildman–Crippen LogP) is 5.16. The molecule has 8 heteroatoms. The first-order valence-corrected chi connectivity index (χ1v) is 8.65. The lowest BCUT2D eigenvalue weighted by Crippen LogP contribution is -2.14. The molecule has 28 heavy (non-hydrogen) atoms. The Balaban J connectivity index is 1.69. The second-order valence-electron chi connectivity index (χ2n) is 6.64. The maximum Gasteiger partial charge on any atom is 0.416 e. The Bertz CT molecular complexity index is 1020. The molecule has 0 radical (unpaired) electrons. The summed E-state index contributed by atoms with van der Waals surface area (Å²) >= 11 is 0. The molecule has 144 valence electrons. The Morgan fingerprint density at radius 2 is 1.82 bits per heavy atom. The molecular weight excluding hydrogens is 374 g/mol. The Morgan fingerprint density at radius 1 is 1.11 bits per heavy atom. The summed E-state index contributed by atoms with van der Waals surface area (Å²) in [6.45, 7) is 0. The minimum absolute atomic E-state index is 0.0611. The Hall–Kier alpha value is -3.16. The zero-order valence-electron chi connectivity index (χ0n) is 14.5. The second kappa shape index (κ2) is 6.78. The fourth-order valence-corrected chi connectivity index (χ4v) is 3.03. The van der Waals surface area contributed by atoms with Gasteiger partial charge >= 0.3 is 6.18 Å². The third kappa shape index (κ3) is 3.62. The number of rotatable bonds is 4. The lowest BCUT2D eigenvalue weighted by atomic mass is 10.1. The first kappa shape index (κ1) is 18.2. The maximum absolute atomic E-state index is 13.0. The largest absolute Gasteiger partial charge is 0.416 e. The quantitative estimate of drug-likeness (QED) is 0.627. The summed E-state index contributed by atoms with van der Waals surface area (Å²) in [5.41, 5.74) is 0.764. The number of nitrogens with zero attached hydrogens (tertiary/aromatic N) is 2. The van der Waals surface area contributed by atoms with E-state index in [1.807, 2.05) is 0 Å². The van der Waals surface area contributed by atoms with Gasteiger partial charge in [-0.05, 0) is 55.3 Å². The van der Waals surface area contributed by atoms with Crippen molar-refractivity contribution in [1.82, 2.24) is 9.78 Å². The number of halogens is 4. The SMILES string of the molecule is O=C(Nc1ccc(F)cc1)c1cnn(-c2cccc(C(F)(F)F)c2)c1C1CC1. The van der Waals surface area contributed by atoms with Crippen LogP contribution in [-0.2, 0) is 6.18 Å². The standard InChI is InChI=1S/C20H15F4N3O/c21-14-6-8-15(9-7-14)26-19(28)17-11-25-27(18(17)12-4-5-12)16-3-1-2-13(10-16)20(22,23)24/h1-3,6-12H,4-5H2,(H,26,28). The fourth-order valence-electron chi connectivity index (χ4n) is 3.03. The molecule has 4 nitrogen and oxygen atoms in total.